The van der Waals surface area contributed by atoms with Crippen molar-refractivity contribution >= 4 is 17.6 Å². The molecule has 0 radical (unpaired) electrons. The molecular formula is C24H29NO5. The summed E-state index contributed by atoms with van der Waals surface area (Å²) in [5.41, 5.74) is 3.66. The topological polar surface area (TPSA) is 73.9 Å². The van der Waals surface area contributed by atoms with E-state index in [1.165, 1.54) is 0 Å². The number of ether oxygens (including phenoxy) is 3. The van der Waals surface area contributed by atoms with Crippen LogP contribution in [0.15, 0.2) is 36.4 Å². The maximum Gasteiger partial charge on any atom is 0.344 e. The molecule has 0 saturated carbocycles. The van der Waals surface area contributed by atoms with E-state index in [0.29, 0.717) is 11.5 Å². The van der Waals surface area contributed by atoms with Crippen LogP contribution in [0.5, 0.6) is 11.5 Å². The molecular weight excluding hydrogens is 382 g/mol. The van der Waals surface area contributed by atoms with Crippen LogP contribution in [0, 0.1) is 0 Å². The summed E-state index contributed by atoms with van der Waals surface area (Å²) in [5.74, 6) is 0.185. The quantitative estimate of drug-likeness (QED) is 0.663. The van der Waals surface area contributed by atoms with Gasteiger partial charge in [-0.1, -0.05) is 44.2 Å². The summed E-state index contributed by atoms with van der Waals surface area (Å²) in [6.07, 6.45) is 2.39. The number of hydrogen-bond donors (Lipinski definition) is 1. The fourth-order valence-corrected chi connectivity index (χ4v) is 3.60. The van der Waals surface area contributed by atoms with Gasteiger partial charge in [-0.25, -0.2) is 4.79 Å². The van der Waals surface area contributed by atoms with Gasteiger partial charge in [-0.2, -0.15) is 0 Å². The predicted octanol–water partition coefficient (Wildman–Crippen LogP) is 4.09. The average molecular weight is 411 g/mol. The third-order valence-corrected chi connectivity index (χ3v) is 5.03. The van der Waals surface area contributed by atoms with Crippen LogP contribution in [0.4, 0.5) is 5.69 Å². The second-order valence-electron chi connectivity index (χ2n) is 7.94. The molecule has 1 amide bonds. The molecule has 6 heteroatoms. The lowest BCUT2D eigenvalue weighted by molar-refractivity contribution is -0.149. The Morgan fingerprint density at radius 2 is 1.70 bits per heavy atom. The van der Waals surface area contributed by atoms with Crippen molar-refractivity contribution < 1.29 is 23.8 Å². The second-order valence-corrected chi connectivity index (χ2v) is 7.94. The molecule has 1 N–H and O–H groups in total. The summed E-state index contributed by atoms with van der Waals surface area (Å²) in [6.45, 7) is 7.42. The fraction of sp³-hybridized carbons (Fsp3) is 0.417. The Balaban J connectivity index is 1.52. The first kappa shape index (κ1) is 21.7. The monoisotopic (exact) mass is 411 g/mol. The van der Waals surface area contributed by atoms with Crippen molar-refractivity contribution in [1.82, 2.24) is 0 Å². The Morgan fingerprint density at radius 3 is 2.37 bits per heavy atom. The number of nitrogens with one attached hydrogen (secondary N) is 1. The Hall–Kier alpha value is -3.02. The summed E-state index contributed by atoms with van der Waals surface area (Å²) in [4.78, 5) is 24.4. The van der Waals surface area contributed by atoms with E-state index >= 15 is 0 Å². The fourth-order valence-electron chi connectivity index (χ4n) is 3.60. The average Bonchev–Trinajstić information content (AvgIpc) is 3.05. The first-order chi connectivity index (χ1) is 14.3. The van der Waals surface area contributed by atoms with Crippen molar-refractivity contribution in [1.29, 1.82) is 0 Å². The molecule has 2 aromatic rings. The lowest BCUT2D eigenvalue weighted by Gasteiger charge is -2.18. The van der Waals surface area contributed by atoms with E-state index in [-0.39, 0.29) is 24.7 Å². The highest BCUT2D eigenvalue weighted by Gasteiger charge is 2.32. The summed E-state index contributed by atoms with van der Waals surface area (Å²) in [6, 6.07) is 11.6. The highest BCUT2D eigenvalue weighted by molar-refractivity contribution is 5.94. The number of esters is 1. The maximum absolute atomic E-state index is 12.3. The Bertz CT molecular complexity index is 913. The maximum atomic E-state index is 12.3. The van der Waals surface area contributed by atoms with Crippen molar-refractivity contribution in [3.63, 3.8) is 0 Å². The minimum atomic E-state index is -0.612. The van der Waals surface area contributed by atoms with Crippen LogP contribution in [0.2, 0.25) is 0 Å². The smallest absolute Gasteiger partial charge is 0.344 e. The number of carbonyl (C=O) groups is 2. The SMILES string of the molecule is CCc1cccc(CC)c1NC(=O)COC(=O)COc1cccc2c1OC(C)(C)C2. The van der Waals surface area contributed by atoms with Gasteiger partial charge in [-0.15, -0.1) is 0 Å². The minimum absolute atomic E-state index is 0.292. The van der Waals surface area contributed by atoms with Gasteiger partial charge in [0, 0.05) is 17.7 Å². The molecule has 3 rings (SSSR count). The largest absolute Gasteiger partial charge is 0.483 e. The third-order valence-electron chi connectivity index (χ3n) is 5.03. The van der Waals surface area contributed by atoms with Gasteiger partial charge >= 0.3 is 5.97 Å². The number of anilines is 1. The lowest BCUT2D eigenvalue weighted by Crippen LogP contribution is -2.25. The van der Waals surface area contributed by atoms with E-state index in [9.17, 15) is 9.59 Å². The van der Waals surface area contributed by atoms with Gasteiger partial charge in [0.05, 0.1) is 0 Å². The zero-order chi connectivity index (χ0) is 21.7. The molecule has 6 nitrogen and oxygen atoms in total. The molecule has 0 spiro atoms. The molecule has 2 aromatic carbocycles. The van der Waals surface area contributed by atoms with Crippen LogP contribution < -0.4 is 14.8 Å². The first-order valence-corrected chi connectivity index (χ1v) is 10.3. The molecule has 30 heavy (non-hydrogen) atoms. The van der Waals surface area contributed by atoms with Crippen LogP contribution >= 0.6 is 0 Å². The van der Waals surface area contributed by atoms with E-state index in [0.717, 1.165) is 41.6 Å². The van der Waals surface area contributed by atoms with Crippen molar-refractivity contribution in [3.05, 3.63) is 53.1 Å². The van der Waals surface area contributed by atoms with Crippen LogP contribution in [0.25, 0.3) is 0 Å². The number of benzene rings is 2. The Morgan fingerprint density at radius 1 is 1.03 bits per heavy atom. The number of carbonyl (C=O) groups excluding carboxylic acids is 2. The number of para-hydroxylation sites is 2. The van der Waals surface area contributed by atoms with Gasteiger partial charge in [0.2, 0.25) is 0 Å². The number of aryl methyl sites for hydroxylation is 2. The van der Waals surface area contributed by atoms with Crippen LogP contribution in [0.3, 0.4) is 0 Å². The molecule has 1 aliphatic heterocycles. The zero-order valence-electron chi connectivity index (χ0n) is 18.0. The van der Waals surface area contributed by atoms with Crippen molar-refractivity contribution in [3.8, 4) is 11.5 Å². The number of amides is 1. The number of fused-ring (bicyclic) bond motifs is 1. The summed E-state index contributed by atoms with van der Waals surface area (Å²) in [7, 11) is 0. The van der Waals surface area contributed by atoms with Crippen LogP contribution in [-0.2, 0) is 33.6 Å². The van der Waals surface area contributed by atoms with Crippen molar-refractivity contribution in [2.24, 2.45) is 0 Å². The Kier molecular flexibility index (Phi) is 6.65. The minimum Gasteiger partial charge on any atom is -0.483 e. The molecule has 160 valence electrons. The van der Waals surface area contributed by atoms with Crippen LogP contribution in [-0.4, -0.2) is 30.7 Å². The molecule has 0 aliphatic carbocycles. The van der Waals surface area contributed by atoms with Crippen molar-refractivity contribution in [2.75, 3.05) is 18.5 Å². The normalized spacial score (nSPS) is 13.9. The van der Waals surface area contributed by atoms with E-state index in [2.05, 4.69) is 5.32 Å². The molecule has 0 aromatic heterocycles. The summed E-state index contributed by atoms with van der Waals surface area (Å²) in [5, 5.41) is 2.88. The van der Waals surface area contributed by atoms with Gasteiger partial charge in [0.25, 0.3) is 5.91 Å². The van der Waals surface area contributed by atoms with Gasteiger partial charge in [0.15, 0.2) is 24.7 Å². The molecule has 1 heterocycles. The number of hydrogen-bond acceptors (Lipinski definition) is 5. The van der Waals surface area contributed by atoms with Gasteiger partial charge in [-0.3, -0.25) is 4.79 Å². The third kappa shape index (κ3) is 5.12. The molecule has 0 fully saturated rings. The van der Waals surface area contributed by atoms with E-state index in [1.807, 2.05) is 58.0 Å². The standard InChI is InChI=1S/C24H29NO5/c1-5-16-9-7-10-17(6-2)22(16)25-20(26)14-29-21(27)15-28-19-12-8-11-18-13-24(3,4)30-23(18)19/h7-12H,5-6,13-15H2,1-4H3,(H,25,26). The second kappa shape index (κ2) is 9.20. The molecule has 0 bridgehead atoms. The highest BCUT2D eigenvalue weighted by atomic mass is 16.6. The number of rotatable bonds is 8. The van der Waals surface area contributed by atoms with E-state index in [4.69, 9.17) is 14.2 Å². The molecule has 0 unspecified atom stereocenters. The van der Waals surface area contributed by atoms with Gasteiger partial charge in [0.1, 0.15) is 5.60 Å². The van der Waals surface area contributed by atoms with Crippen LogP contribution in [0.1, 0.15) is 44.4 Å². The predicted molar refractivity (Wildman–Crippen MR) is 115 cm³/mol. The van der Waals surface area contributed by atoms with Crippen molar-refractivity contribution in [2.45, 2.75) is 52.6 Å². The molecule has 0 saturated heterocycles. The van der Waals surface area contributed by atoms with Gasteiger partial charge < -0.3 is 19.5 Å². The lowest BCUT2D eigenvalue weighted by atomic mass is 10.0. The molecule has 1 aliphatic rings. The van der Waals surface area contributed by atoms with Gasteiger partial charge in [-0.05, 0) is 43.9 Å². The summed E-state index contributed by atoms with van der Waals surface area (Å²) >= 11 is 0. The van der Waals surface area contributed by atoms with E-state index < -0.39 is 5.97 Å². The molecule has 0 atom stereocenters. The first-order valence-electron chi connectivity index (χ1n) is 10.3. The summed E-state index contributed by atoms with van der Waals surface area (Å²) < 4.78 is 16.6. The highest BCUT2D eigenvalue weighted by Crippen LogP contribution is 2.41. The van der Waals surface area contributed by atoms with E-state index in [1.54, 1.807) is 6.07 Å². The zero-order valence-corrected chi connectivity index (χ0v) is 18.0. The Labute approximate surface area is 177 Å².